The summed E-state index contributed by atoms with van der Waals surface area (Å²) < 4.78 is 0. The molecule has 4 heteroatoms. The van der Waals surface area contributed by atoms with Crippen LogP contribution in [0.1, 0.15) is 19.3 Å². The number of piperidine rings is 1. The summed E-state index contributed by atoms with van der Waals surface area (Å²) in [4.78, 5) is 14.0. The minimum absolute atomic E-state index is 0.177. The third kappa shape index (κ3) is 2.49. The Labute approximate surface area is 90.6 Å². The quantitative estimate of drug-likeness (QED) is 0.668. The van der Waals surface area contributed by atoms with Crippen LogP contribution in [0.25, 0.3) is 0 Å². The van der Waals surface area contributed by atoms with Gasteiger partial charge in [-0.2, -0.15) is 0 Å². The number of hydrogen-bond donors (Lipinski definition) is 2. The summed E-state index contributed by atoms with van der Waals surface area (Å²) in [5.41, 5.74) is 0. The molecular weight excluding hydrogens is 192 g/mol. The molecule has 0 unspecified atom stereocenters. The number of nitrogens with zero attached hydrogens (tertiary/aromatic N) is 1. The molecule has 2 aliphatic heterocycles. The zero-order chi connectivity index (χ0) is 10.7. The first-order valence-corrected chi connectivity index (χ1v) is 5.91. The summed E-state index contributed by atoms with van der Waals surface area (Å²) in [6, 6.07) is 0. The van der Waals surface area contributed by atoms with Crippen LogP contribution in [-0.4, -0.2) is 48.7 Å². The first-order chi connectivity index (χ1) is 7.31. The van der Waals surface area contributed by atoms with Crippen LogP contribution >= 0.6 is 0 Å². The van der Waals surface area contributed by atoms with E-state index in [1.54, 1.807) is 0 Å². The summed E-state index contributed by atoms with van der Waals surface area (Å²) in [7, 11) is 0. The standard InChI is InChI=1S/C11H20N2O2/c14-8-9-3-5-13(7-9)11(15)10-2-1-4-12-6-10/h9-10,12,14H,1-8H2/t9-,10+/m0/s1. The molecule has 0 spiro atoms. The topological polar surface area (TPSA) is 52.6 Å². The highest BCUT2D eigenvalue weighted by Crippen LogP contribution is 2.20. The van der Waals surface area contributed by atoms with Gasteiger partial charge >= 0.3 is 0 Å². The highest BCUT2D eigenvalue weighted by atomic mass is 16.3. The molecule has 0 aromatic heterocycles. The monoisotopic (exact) mass is 212 g/mol. The lowest BCUT2D eigenvalue weighted by molar-refractivity contribution is -0.135. The van der Waals surface area contributed by atoms with Crippen molar-refractivity contribution in [2.75, 3.05) is 32.8 Å². The van der Waals surface area contributed by atoms with Crippen LogP contribution in [0.3, 0.4) is 0 Å². The van der Waals surface area contributed by atoms with Crippen molar-refractivity contribution in [2.24, 2.45) is 11.8 Å². The maximum Gasteiger partial charge on any atom is 0.226 e. The first kappa shape index (κ1) is 10.9. The van der Waals surface area contributed by atoms with E-state index in [4.69, 9.17) is 5.11 Å². The van der Waals surface area contributed by atoms with Crippen molar-refractivity contribution in [3.63, 3.8) is 0 Å². The van der Waals surface area contributed by atoms with Crippen LogP contribution in [0, 0.1) is 11.8 Å². The van der Waals surface area contributed by atoms with E-state index >= 15 is 0 Å². The van der Waals surface area contributed by atoms with E-state index in [1.807, 2.05) is 4.90 Å². The van der Waals surface area contributed by atoms with E-state index in [-0.39, 0.29) is 18.4 Å². The number of carbonyl (C=O) groups is 1. The van der Waals surface area contributed by atoms with Gasteiger partial charge in [0.2, 0.25) is 5.91 Å². The molecule has 0 aromatic carbocycles. The molecule has 2 heterocycles. The van der Waals surface area contributed by atoms with Gasteiger partial charge in [-0.15, -0.1) is 0 Å². The minimum Gasteiger partial charge on any atom is -0.396 e. The summed E-state index contributed by atoms with van der Waals surface area (Å²) in [6.45, 7) is 3.68. The molecule has 0 aliphatic carbocycles. The first-order valence-electron chi connectivity index (χ1n) is 5.91. The molecule has 15 heavy (non-hydrogen) atoms. The van der Waals surface area contributed by atoms with Crippen LogP contribution < -0.4 is 5.32 Å². The lowest BCUT2D eigenvalue weighted by atomic mass is 9.98. The molecule has 0 radical (unpaired) electrons. The highest BCUT2D eigenvalue weighted by molar-refractivity contribution is 5.79. The second-order valence-electron chi connectivity index (χ2n) is 4.66. The van der Waals surface area contributed by atoms with Crippen LogP contribution in [-0.2, 0) is 4.79 Å². The molecule has 2 fully saturated rings. The predicted octanol–water partition coefficient (Wildman–Crippen LogP) is -0.173. The van der Waals surface area contributed by atoms with Crippen molar-refractivity contribution in [1.82, 2.24) is 10.2 Å². The number of carbonyl (C=O) groups excluding carboxylic acids is 1. The van der Waals surface area contributed by atoms with Gasteiger partial charge in [-0.3, -0.25) is 4.79 Å². The highest BCUT2D eigenvalue weighted by Gasteiger charge is 2.30. The van der Waals surface area contributed by atoms with Crippen molar-refractivity contribution < 1.29 is 9.90 Å². The summed E-state index contributed by atoms with van der Waals surface area (Å²) in [5, 5.41) is 12.3. The van der Waals surface area contributed by atoms with E-state index in [0.29, 0.717) is 5.92 Å². The normalized spacial score (nSPS) is 31.9. The molecule has 0 saturated carbocycles. The molecule has 2 aliphatic rings. The van der Waals surface area contributed by atoms with Gasteiger partial charge in [-0.25, -0.2) is 0 Å². The minimum atomic E-state index is 0.177. The Morgan fingerprint density at radius 1 is 1.47 bits per heavy atom. The zero-order valence-corrected chi connectivity index (χ0v) is 9.11. The summed E-state index contributed by atoms with van der Waals surface area (Å²) in [6.07, 6.45) is 3.09. The molecule has 86 valence electrons. The fourth-order valence-electron chi connectivity index (χ4n) is 2.50. The lowest BCUT2D eigenvalue weighted by Crippen LogP contribution is -2.42. The molecule has 2 atom stereocenters. The maximum atomic E-state index is 12.1. The number of amides is 1. The van der Waals surface area contributed by atoms with Crippen molar-refractivity contribution in [2.45, 2.75) is 19.3 Å². The number of hydrogen-bond acceptors (Lipinski definition) is 3. The molecular formula is C11H20N2O2. The van der Waals surface area contributed by atoms with E-state index in [1.165, 1.54) is 0 Å². The predicted molar refractivity (Wildman–Crippen MR) is 57.4 cm³/mol. The van der Waals surface area contributed by atoms with Gasteiger partial charge in [0, 0.05) is 32.2 Å². The Balaban J connectivity index is 1.85. The number of likely N-dealkylation sites (tertiary alicyclic amines) is 1. The van der Waals surface area contributed by atoms with Gasteiger partial charge in [0.1, 0.15) is 0 Å². The van der Waals surface area contributed by atoms with Crippen molar-refractivity contribution >= 4 is 5.91 Å². The third-order valence-corrected chi connectivity index (χ3v) is 3.50. The van der Waals surface area contributed by atoms with Gasteiger partial charge in [-0.1, -0.05) is 0 Å². The molecule has 1 amide bonds. The smallest absolute Gasteiger partial charge is 0.226 e. The Morgan fingerprint density at radius 3 is 2.93 bits per heavy atom. The Morgan fingerprint density at radius 2 is 2.33 bits per heavy atom. The molecule has 0 aromatic rings. The van der Waals surface area contributed by atoms with E-state index < -0.39 is 0 Å². The van der Waals surface area contributed by atoms with Crippen LogP contribution in [0.5, 0.6) is 0 Å². The van der Waals surface area contributed by atoms with Gasteiger partial charge in [-0.05, 0) is 25.8 Å². The van der Waals surface area contributed by atoms with Crippen LogP contribution in [0.15, 0.2) is 0 Å². The van der Waals surface area contributed by atoms with Gasteiger partial charge in [0.15, 0.2) is 0 Å². The number of aliphatic hydroxyl groups is 1. The summed E-state index contributed by atoms with van der Waals surface area (Å²) >= 11 is 0. The molecule has 2 saturated heterocycles. The van der Waals surface area contributed by atoms with Crippen LogP contribution in [0.2, 0.25) is 0 Å². The van der Waals surface area contributed by atoms with Crippen molar-refractivity contribution in [1.29, 1.82) is 0 Å². The number of rotatable bonds is 2. The molecule has 0 bridgehead atoms. The largest absolute Gasteiger partial charge is 0.396 e. The van der Waals surface area contributed by atoms with Gasteiger partial charge in [0.05, 0.1) is 5.92 Å². The second-order valence-corrected chi connectivity index (χ2v) is 4.66. The van der Waals surface area contributed by atoms with E-state index in [2.05, 4.69) is 5.32 Å². The number of aliphatic hydroxyl groups excluding tert-OH is 1. The maximum absolute atomic E-state index is 12.1. The van der Waals surface area contributed by atoms with E-state index in [0.717, 1.165) is 45.4 Å². The third-order valence-electron chi connectivity index (χ3n) is 3.50. The zero-order valence-electron chi connectivity index (χ0n) is 9.11. The average molecular weight is 212 g/mol. The molecule has 2 N–H and O–H groups in total. The summed E-state index contributed by atoms with van der Waals surface area (Å²) in [5.74, 6) is 0.778. The van der Waals surface area contributed by atoms with Crippen molar-refractivity contribution in [3.05, 3.63) is 0 Å². The molecule has 2 rings (SSSR count). The molecule has 4 nitrogen and oxygen atoms in total. The second kappa shape index (κ2) is 4.94. The SMILES string of the molecule is O=C([C@@H]1CCCNC1)N1CC[C@H](CO)C1. The fourth-order valence-corrected chi connectivity index (χ4v) is 2.50. The Kier molecular flexibility index (Phi) is 3.59. The van der Waals surface area contributed by atoms with E-state index in [9.17, 15) is 4.79 Å². The fraction of sp³-hybridized carbons (Fsp3) is 0.909. The van der Waals surface area contributed by atoms with Gasteiger partial charge < -0.3 is 15.3 Å². The Hall–Kier alpha value is -0.610. The Bertz CT molecular complexity index is 227. The van der Waals surface area contributed by atoms with Gasteiger partial charge in [0.25, 0.3) is 0 Å². The average Bonchev–Trinajstić information content (AvgIpc) is 2.78. The van der Waals surface area contributed by atoms with Crippen LogP contribution in [0.4, 0.5) is 0 Å². The lowest BCUT2D eigenvalue weighted by Gasteiger charge is -2.26. The number of nitrogens with one attached hydrogen (secondary N) is 1. The van der Waals surface area contributed by atoms with Crippen molar-refractivity contribution in [3.8, 4) is 0 Å².